The van der Waals surface area contributed by atoms with Crippen LogP contribution >= 0.6 is 0 Å². The van der Waals surface area contributed by atoms with Gasteiger partial charge in [0.25, 0.3) is 0 Å². The highest BCUT2D eigenvalue weighted by Gasteiger charge is 2.42. The number of piperidine rings is 1. The van der Waals surface area contributed by atoms with Gasteiger partial charge in [0.15, 0.2) is 11.6 Å². The summed E-state index contributed by atoms with van der Waals surface area (Å²) >= 11 is 0. The maximum absolute atomic E-state index is 13.4. The number of nitrogens with one attached hydrogen (secondary N) is 2. The summed E-state index contributed by atoms with van der Waals surface area (Å²) in [5.41, 5.74) is 0.958. The first kappa shape index (κ1) is 20.3. The van der Waals surface area contributed by atoms with Gasteiger partial charge >= 0.3 is 0 Å². The Labute approximate surface area is 183 Å². The molecule has 10 heteroatoms. The number of halogens is 2. The Morgan fingerprint density at radius 1 is 1.12 bits per heavy atom. The van der Waals surface area contributed by atoms with Crippen molar-refractivity contribution >= 4 is 17.5 Å². The number of aromatic nitrogens is 5. The molecular weight excluding hydrogens is 416 g/mol. The van der Waals surface area contributed by atoms with Crippen molar-refractivity contribution in [2.24, 2.45) is 11.8 Å². The number of anilines is 2. The van der Waals surface area contributed by atoms with E-state index in [9.17, 15) is 8.78 Å². The van der Waals surface area contributed by atoms with Crippen LogP contribution in [-0.4, -0.2) is 44.3 Å². The Balaban J connectivity index is 1.24. The summed E-state index contributed by atoms with van der Waals surface area (Å²) in [5.74, 6) is 1.26. The Kier molecular flexibility index (Phi) is 5.20. The largest absolute Gasteiger partial charge is 0.454 e. The zero-order valence-corrected chi connectivity index (χ0v) is 17.6. The standard InChI is InChI=1S/C22H23F2N7O/c1-12-5-19(26-11-25-12)31-9-14-3-4-15(10-31)20(14)27-22-28-21(29-30-22)13(2)32-18-7-16(23)6-17(24)8-18/h5-8,11,14-15,20H,2-4,9-10H2,1H3,(H2,27,28,29,30). The molecule has 32 heavy (non-hydrogen) atoms. The van der Waals surface area contributed by atoms with E-state index in [1.165, 1.54) is 0 Å². The topological polar surface area (TPSA) is 91.8 Å². The molecule has 166 valence electrons. The van der Waals surface area contributed by atoms with E-state index >= 15 is 0 Å². The molecule has 0 spiro atoms. The zero-order chi connectivity index (χ0) is 22.2. The molecule has 2 atom stereocenters. The van der Waals surface area contributed by atoms with Crippen molar-refractivity contribution in [1.29, 1.82) is 0 Å². The molecule has 5 rings (SSSR count). The highest BCUT2D eigenvalue weighted by atomic mass is 19.1. The number of aromatic amines is 1. The third-order valence-electron chi connectivity index (χ3n) is 6.07. The van der Waals surface area contributed by atoms with Gasteiger partial charge in [0.1, 0.15) is 29.5 Å². The van der Waals surface area contributed by atoms with Crippen molar-refractivity contribution in [1.82, 2.24) is 25.1 Å². The van der Waals surface area contributed by atoms with Crippen LogP contribution in [0.15, 0.2) is 37.2 Å². The predicted octanol–water partition coefficient (Wildman–Crippen LogP) is 3.56. The van der Waals surface area contributed by atoms with Crippen LogP contribution in [0.2, 0.25) is 0 Å². The van der Waals surface area contributed by atoms with Gasteiger partial charge in [-0.3, -0.25) is 5.10 Å². The van der Waals surface area contributed by atoms with Crippen LogP contribution in [0.1, 0.15) is 24.4 Å². The lowest BCUT2D eigenvalue weighted by Crippen LogP contribution is -2.48. The number of hydrogen-bond acceptors (Lipinski definition) is 7. The van der Waals surface area contributed by atoms with Crippen LogP contribution in [0.5, 0.6) is 5.75 Å². The van der Waals surface area contributed by atoms with E-state index in [2.05, 4.69) is 41.9 Å². The quantitative estimate of drug-likeness (QED) is 0.568. The fourth-order valence-corrected chi connectivity index (χ4v) is 4.64. The highest BCUT2D eigenvalue weighted by molar-refractivity contribution is 5.54. The van der Waals surface area contributed by atoms with Crippen molar-refractivity contribution in [2.45, 2.75) is 25.8 Å². The monoisotopic (exact) mass is 439 g/mol. The molecule has 2 aromatic heterocycles. The first-order chi connectivity index (χ1) is 15.4. The minimum absolute atomic E-state index is 0.00350. The Morgan fingerprint density at radius 3 is 2.53 bits per heavy atom. The highest BCUT2D eigenvalue weighted by Crippen LogP contribution is 2.39. The number of ether oxygens (including phenoxy) is 1. The van der Waals surface area contributed by atoms with Gasteiger partial charge in [0.05, 0.1) is 0 Å². The van der Waals surface area contributed by atoms with E-state index in [1.54, 1.807) is 6.33 Å². The van der Waals surface area contributed by atoms with E-state index in [-0.39, 0.29) is 17.6 Å². The molecule has 1 aromatic carbocycles. The first-order valence-corrected chi connectivity index (χ1v) is 10.5. The molecule has 0 amide bonds. The summed E-state index contributed by atoms with van der Waals surface area (Å²) in [6, 6.07) is 5.20. The summed E-state index contributed by atoms with van der Waals surface area (Å²) in [6.45, 7) is 7.57. The SMILES string of the molecule is C=C(Oc1cc(F)cc(F)c1)c1nc(NC2C3CCC2CN(c2cc(C)ncn2)C3)n[nH]1. The zero-order valence-electron chi connectivity index (χ0n) is 17.6. The first-order valence-electron chi connectivity index (χ1n) is 10.5. The van der Waals surface area contributed by atoms with Crippen molar-refractivity contribution in [2.75, 3.05) is 23.3 Å². The summed E-state index contributed by atoms with van der Waals surface area (Å²) in [4.78, 5) is 15.3. The van der Waals surface area contributed by atoms with Crippen molar-refractivity contribution in [3.63, 3.8) is 0 Å². The molecule has 2 N–H and O–H groups in total. The van der Waals surface area contributed by atoms with Gasteiger partial charge in [-0.25, -0.2) is 18.7 Å². The lowest BCUT2D eigenvalue weighted by Gasteiger charge is -2.38. The second kappa shape index (κ2) is 8.18. The average Bonchev–Trinajstić information content (AvgIpc) is 3.29. The van der Waals surface area contributed by atoms with Gasteiger partial charge in [0.2, 0.25) is 5.95 Å². The number of nitrogens with zero attached hydrogens (tertiary/aromatic N) is 5. The maximum atomic E-state index is 13.4. The predicted molar refractivity (Wildman–Crippen MR) is 115 cm³/mol. The molecule has 8 nitrogen and oxygen atoms in total. The number of aryl methyl sites for hydroxylation is 1. The Morgan fingerprint density at radius 2 is 1.84 bits per heavy atom. The van der Waals surface area contributed by atoms with Crippen molar-refractivity contribution in [3.05, 3.63) is 60.3 Å². The summed E-state index contributed by atoms with van der Waals surface area (Å²) in [6.07, 6.45) is 3.86. The van der Waals surface area contributed by atoms with Gasteiger partial charge in [0, 0.05) is 49.1 Å². The van der Waals surface area contributed by atoms with Crippen molar-refractivity contribution < 1.29 is 13.5 Å². The van der Waals surface area contributed by atoms with Gasteiger partial charge < -0.3 is 15.0 Å². The molecular formula is C22H23F2N7O. The van der Waals surface area contributed by atoms with Crippen LogP contribution in [0.25, 0.3) is 5.76 Å². The maximum Gasteiger partial charge on any atom is 0.242 e. The minimum Gasteiger partial charge on any atom is -0.454 e. The van der Waals surface area contributed by atoms with E-state index < -0.39 is 11.6 Å². The molecule has 2 bridgehead atoms. The number of fused-ring (bicyclic) bond motifs is 2. The smallest absolute Gasteiger partial charge is 0.242 e. The molecule has 2 aliphatic rings. The van der Waals surface area contributed by atoms with E-state index in [4.69, 9.17) is 4.74 Å². The van der Waals surface area contributed by atoms with Crippen LogP contribution in [0.4, 0.5) is 20.5 Å². The average molecular weight is 439 g/mol. The van der Waals surface area contributed by atoms with Gasteiger partial charge in [-0.2, -0.15) is 4.98 Å². The third-order valence-corrected chi connectivity index (χ3v) is 6.07. The van der Waals surface area contributed by atoms with E-state index in [0.717, 1.165) is 55.6 Å². The second-order valence-electron chi connectivity index (χ2n) is 8.33. The molecule has 3 heterocycles. The number of benzene rings is 1. The van der Waals surface area contributed by atoms with E-state index in [0.29, 0.717) is 23.6 Å². The summed E-state index contributed by atoms with van der Waals surface area (Å²) < 4.78 is 32.2. The van der Waals surface area contributed by atoms with Crippen molar-refractivity contribution in [3.8, 4) is 5.75 Å². The second-order valence-corrected chi connectivity index (χ2v) is 8.33. The molecule has 1 saturated carbocycles. The van der Waals surface area contributed by atoms with Gasteiger partial charge in [-0.15, -0.1) is 5.10 Å². The summed E-state index contributed by atoms with van der Waals surface area (Å²) in [5, 5.41) is 10.4. The fraction of sp³-hybridized carbons (Fsp3) is 0.364. The van der Waals surface area contributed by atoms with Gasteiger partial charge in [-0.05, 0) is 31.6 Å². The fourth-order valence-electron chi connectivity index (χ4n) is 4.64. The lowest BCUT2D eigenvalue weighted by molar-refractivity contribution is 0.375. The summed E-state index contributed by atoms with van der Waals surface area (Å²) in [7, 11) is 0. The van der Waals surface area contributed by atoms with Crippen LogP contribution in [0.3, 0.4) is 0 Å². The third kappa shape index (κ3) is 4.12. The minimum atomic E-state index is -0.730. The molecule has 0 radical (unpaired) electrons. The molecule has 2 fully saturated rings. The van der Waals surface area contributed by atoms with Gasteiger partial charge in [-0.1, -0.05) is 6.58 Å². The molecule has 2 unspecified atom stereocenters. The molecule has 1 aliphatic heterocycles. The van der Waals surface area contributed by atoms with Crippen LogP contribution in [0, 0.1) is 30.4 Å². The lowest BCUT2D eigenvalue weighted by atomic mass is 9.92. The number of hydrogen-bond donors (Lipinski definition) is 2. The van der Waals surface area contributed by atoms with E-state index in [1.807, 2.05) is 13.0 Å². The van der Waals surface area contributed by atoms with Crippen LogP contribution in [-0.2, 0) is 0 Å². The Hall–Kier alpha value is -3.56. The normalized spacial score (nSPS) is 22.1. The molecule has 1 aliphatic carbocycles. The molecule has 1 saturated heterocycles. The number of H-pyrrole nitrogens is 1. The Bertz CT molecular complexity index is 1120. The number of rotatable bonds is 6. The molecule has 3 aromatic rings. The van der Waals surface area contributed by atoms with Crippen LogP contribution < -0.4 is 15.0 Å².